The van der Waals surface area contributed by atoms with Crippen LogP contribution in [-0.2, 0) is 14.0 Å². The Hall–Kier alpha value is -0.613. The Bertz CT molecular complexity index is 630. The molecule has 0 saturated heterocycles. The van der Waals surface area contributed by atoms with Crippen molar-refractivity contribution in [1.82, 2.24) is 0 Å². The molecule has 0 aromatic rings. The van der Waals surface area contributed by atoms with Crippen LogP contribution in [0.15, 0.2) is 12.2 Å². The first kappa shape index (κ1) is 21.1. The molecule has 27 heavy (non-hydrogen) atoms. The first-order chi connectivity index (χ1) is 12.3. The zero-order valence-electron chi connectivity index (χ0n) is 18.8. The number of rotatable bonds is 4. The second kappa shape index (κ2) is 6.45. The van der Waals surface area contributed by atoms with Gasteiger partial charge >= 0.3 is 5.97 Å². The Morgan fingerprint density at radius 1 is 1.26 bits per heavy atom. The van der Waals surface area contributed by atoms with Crippen molar-refractivity contribution < 1.29 is 14.0 Å². The summed E-state index contributed by atoms with van der Waals surface area (Å²) in [6.45, 7) is 23.2. The molecule has 1 spiro atoms. The molecule has 0 radical (unpaired) electrons. The number of hydrogen-bond donors (Lipinski definition) is 0. The van der Waals surface area contributed by atoms with Gasteiger partial charge in [-0.3, -0.25) is 4.79 Å². The van der Waals surface area contributed by atoms with Gasteiger partial charge in [-0.1, -0.05) is 46.8 Å². The van der Waals surface area contributed by atoms with Gasteiger partial charge in [0.05, 0.1) is 18.6 Å². The summed E-state index contributed by atoms with van der Waals surface area (Å²) in [6, 6.07) is 0. The highest BCUT2D eigenvalue weighted by Gasteiger charge is 2.71. The second-order valence-electron chi connectivity index (χ2n) is 11.5. The molecule has 0 N–H and O–H groups in total. The maximum absolute atomic E-state index is 12.9. The molecule has 0 amide bonds. The van der Waals surface area contributed by atoms with Crippen molar-refractivity contribution in [1.29, 1.82) is 0 Å². The highest BCUT2D eigenvalue weighted by Crippen LogP contribution is 2.73. The molecule has 4 heteroatoms. The summed E-state index contributed by atoms with van der Waals surface area (Å²) in [6.07, 6.45) is 4.31. The normalized spacial score (nSPS) is 38.0. The van der Waals surface area contributed by atoms with Gasteiger partial charge in [0, 0.05) is 0 Å². The molecule has 154 valence electrons. The van der Waals surface area contributed by atoms with Gasteiger partial charge in [0.25, 0.3) is 0 Å². The van der Waals surface area contributed by atoms with Crippen molar-refractivity contribution in [3.05, 3.63) is 12.2 Å². The van der Waals surface area contributed by atoms with E-state index < -0.39 is 8.32 Å². The zero-order chi connectivity index (χ0) is 20.4. The fourth-order valence-corrected chi connectivity index (χ4v) is 7.82. The van der Waals surface area contributed by atoms with Gasteiger partial charge in [-0.2, -0.15) is 0 Å². The maximum Gasteiger partial charge on any atom is 0.309 e. The van der Waals surface area contributed by atoms with Gasteiger partial charge in [-0.15, -0.1) is 0 Å². The summed E-state index contributed by atoms with van der Waals surface area (Å²) in [5.74, 6) is 0.891. The summed E-state index contributed by atoms with van der Waals surface area (Å²) in [4.78, 5) is 12.9. The third-order valence-corrected chi connectivity index (χ3v) is 12.9. The van der Waals surface area contributed by atoms with E-state index >= 15 is 0 Å². The van der Waals surface area contributed by atoms with Gasteiger partial charge in [-0.25, -0.2) is 0 Å². The Kier molecular flexibility index (Phi) is 5.04. The smallest absolute Gasteiger partial charge is 0.309 e. The lowest BCUT2D eigenvalue weighted by atomic mass is 9.68. The SMILES string of the molecule is C=C1C[C@@H]2[C@@H](O[Si](C)(C)C(C)(C)C)C(C)(C)CC23C1CCC3C(=O)OCC. The number of hydrogen-bond acceptors (Lipinski definition) is 3. The van der Waals surface area contributed by atoms with Crippen LogP contribution in [-0.4, -0.2) is 27.0 Å². The molecule has 3 aliphatic rings. The van der Waals surface area contributed by atoms with Gasteiger partial charge in [0.15, 0.2) is 8.32 Å². The molecule has 3 unspecified atom stereocenters. The highest BCUT2D eigenvalue weighted by molar-refractivity contribution is 6.74. The number of esters is 1. The molecule has 3 rings (SSSR count). The van der Waals surface area contributed by atoms with Crippen LogP contribution >= 0.6 is 0 Å². The molecule has 0 aliphatic heterocycles. The summed E-state index contributed by atoms with van der Waals surface area (Å²) in [5, 5.41) is 0.185. The summed E-state index contributed by atoms with van der Waals surface area (Å²) >= 11 is 0. The van der Waals surface area contributed by atoms with E-state index in [4.69, 9.17) is 9.16 Å². The van der Waals surface area contributed by atoms with E-state index in [1.54, 1.807) is 0 Å². The third-order valence-electron chi connectivity index (χ3n) is 8.40. The van der Waals surface area contributed by atoms with Crippen molar-refractivity contribution in [2.45, 2.75) is 91.5 Å². The van der Waals surface area contributed by atoms with Crippen LogP contribution in [0, 0.1) is 28.6 Å². The topological polar surface area (TPSA) is 35.5 Å². The molecule has 5 atom stereocenters. The molecule has 0 heterocycles. The quantitative estimate of drug-likeness (QED) is 0.336. The van der Waals surface area contributed by atoms with Crippen LogP contribution in [0.4, 0.5) is 0 Å². The van der Waals surface area contributed by atoms with E-state index in [2.05, 4.69) is 54.3 Å². The largest absolute Gasteiger partial charge is 0.466 e. The lowest BCUT2D eigenvalue weighted by molar-refractivity contribution is -0.153. The van der Waals surface area contributed by atoms with Crippen molar-refractivity contribution in [2.24, 2.45) is 28.6 Å². The lowest BCUT2D eigenvalue weighted by Crippen LogP contribution is -2.48. The predicted molar refractivity (Wildman–Crippen MR) is 113 cm³/mol. The van der Waals surface area contributed by atoms with Crippen molar-refractivity contribution in [2.75, 3.05) is 6.61 Å². The van der Waals surface area contributed by atoms with Crippen LogP contribution in [0.3, 0.4) is 0 Å². The van der Waals surface area contributed by atoms with E-state index in [-0.39, 0.29) is 33.9 Å². The predicted octanol–water partition coefficient (Wildman–Crippen LogP) is 5.96. The standard InChI is InChI=1S/C23H40O3Si/c1-10-25-20(24)17-12-11-16-15(2)13-18-19(22(6,7)14-23(16,17)18)26-27(8,9)21(3,4)5/h16-19H,2,10-14H2,1,3-9H3/t16?,17?,18-,19-,23?/m1/s1. The number of ether oxygens (including phenoxy) is 1. The van der Waals surface area contributed by atoms with Gasteiger partial charge < -0.3 is 9.16 Å². The molecule has 0 bridgehead atoms. The Labute approximate surface area is 167 Å². The third kappa shape index (κ3) is 3.06. The Balaban J connectivity index is 2.00. The minimum atomic E-state index is -1.90. The van der Waals surface area contributed by atoms with Crippen LogP contribution in [0.5, 0.6) is 0 Å². The van der Waals surface area contributed by atoms with E-state index in [0.717, 1.165) is 25.7 Å². The van der Waals surface area contributed by atoms with Gasteiger partial charge in [-0.05, 0) is 73.4 Å². The molecule has 0 aromatic carbocycles. The fraction of sp³-hybridized carbons (Fsp3) is 0.870. The average molecular weight is 393 g/mol. The van der Waals surface area contributed by atoms with Gasteiger partial charge in [0.1, 0.15) is 0 Å². The maximum atomic E-state index is 12.9. The van der Waals surface area contributed by atoms with Crippen LogP contribution in [0.25, 0.3) is 0 Å². The molecule has 3 saturated carbocycles. The van der Waals surface area contributed by atoms with Crippen molar-refractivity contribution in [3.8, 4) is 0 Å². The Morgan fingerprint density at radius 2 is 1.89 bits per heavy atom. The van der Waals surface area contributed by atoms with Crippen molar-refractivity contribution >= 4 is 14.3 Å². The first-order valence-corrected chi connectivity index (χ1v) is 13.7. The number of carbonyl (C=O) groups is 1. The lowest BCUT2D eigenvalue weighted by Gasteiger charge is -2.43. The summed E-state index contributed by atoms with van der Waals surface area (Å²) in [7, 11) is -1.90. The minimum Gasteiger partial charge on any atom is -0.466 e. The summed E-state index contributed by atoms with van der Waals surface area (Å²) < 4.78 is 12.6. The van der Waals surface area contributed by atoms with E-state index in [0.29, 0.717) is 18.4 Å². The molecule has 3 nitrogen and oxygen atoms in total. The number of carbonyl (C=O) groups excluding carboxylic acids is 1. The second-order valence-corrected chi connectivity index (χ2v) is 16.2. The molecule has 3 aliphatic carbocycles. The minimum absolute atomic E-state index is 0.000131. The average Bonchev–Trinajstić information content (AvgIpc) is 3.05. The number of allylic oxidation sites excluding steroid dienone is 1. The molecular weight excluding hydrogens is 352 g/mol. The molecular formula is C23H40O3Si. The van der Waals surface area contributed by atoms with E-state index in [1.807, 2.05) is 6.92 Å². The Morgan fingerprint density at radius 3 is 2.44 bits per heavy atom. The molecule has 0 aromatic heterocycles. The van der Waals surface area contributed by atoms with E-state index in [1.165, 1.54) is 5.57 Å². The first-order valence-electron chi connectivity index (χ1n) is 10.8. The van der Waals surface area contributed by atoms with E-state index in [9.17, 15) is 4.79 Å². The van der Waals surface area contributed by atoms with Crippen LogP contribution in [0.2, 0.25) is 18.1 Å². The summed E-state index contributed by atoms with van der Waals surface area (Å²) in [5.41, 5.74) is 1.43. The zero-order valence-corrected chi connectivity index (χ0v) is 19.8. The monoisotopic (exact) mass is 392 g/mol. The molecule has 3 fully saturated rings. The highest BCUT2D eigenvalue weighted by atomic mass is 28.4. The van der Waals surface area contributed by atoms with Crippen molar-refractivity contribution in [3.63, 3.8) is 0 Å². The van der Waals surface area contributed by atoms with Crippen LogP contribution < -0.4 is 0 Å². The van der Waals surface area contributed by atoms with Crippen LogP contribution in [0.1, 0.15) is 67.2 Å². The van der Waals surface area contributed by atoms with Gasteiger partial charge in [0.2, 0.25) is 0 Å². The fourth-order valence-electron chi connectivity index (χ4n) is 6.35.